The molecule has 2 rings (SSSR count). The van der Waals surface area contributed by atoms with Crippen molar-refractivity contribution < 1.29 is 4.74 Å². The molecule has 2 heterocycles. The van der Waals surface area contributed by atoms with Gasteiger partial charge in [-0.1, -0.05) is 11.3 Å². The summed E-state index contributed by atoms with van der Waals surface area (Å²) in [6, 6.07) is 0.0572. The lowest BCUT2D eigenvalue weighted by Crippen LogP contribution is -2.49. The molecule has 2 unspecified atom stereocenters. The number of nitrogens with zero attached hydrogens (tertiary/aromatic N) is 3. The summed E-state index contributed by atoms with van der Waals surface area (Å²) in [5.74, 6) is 0. The van der Waals surface area contributed by atoms with Crippen molar-refractivity contribution >= 4 is 16.5 Å². The van der Waals surface area contributed by atoms with Gasteiger partial charge in [-0.25, -0.2) is 0 Å². The predicted octanol–water partition coefficient (Wildman–Crippen LogP) is 0.399. The fourth-order valence-corrected chi connectivity index (χ4v) is 2.30. The van der Waals surface area contributed by atoms with Gasteiger partial charge in [-0.3, -0.25) is 0 Å². The number of hydrogen-bond acceptors (Lipinski definition) is 6. The van der Waals surface area contributed by atoms with Gasteiger partial charge in [0, 0.05) is 19.1 Å². The molecule has 0 saturated carbocycles. The topological polar surface area (TPSA) is 64.3 Å². The predicted molar refractivity (Wildman–Crippen MR) is 60.2 cm³/mol. The maximum absolute atomic E-state index is 5.83. The largest absolute Gasteiger partial charge is 0.373 e. The molecule has 0 spiro atoms. The molecule has 0 amide bonds. The van der Waals surface area contributed by atoms with E-state index < -0.39 is 0 Å². The maximum atomic E-state index is 5.83. The highest BCUT2D eigenvalue weighted by Gasteiger charge is 2.25. The molecule has 15 heavy (non-hydrogen) atoms. The molecular formula is C9H16N4OS. The van der Waals surface area contributed by atoms with Crippen LogP contribution < -0.4 is 10.6 Å². The molecule has 2 atom stereocenters. The third-order valence-electron chi connectivity index (χ3n) is 2.47. The first-order valence-electron chi connectivity index (χ1n) is 5.09. The van der Waals surface area contributed by atoms with E-state index in [-0.39, 0.29) is 12.1 Å². The van der Waals surface area contributed by atoms with Gasteiger partial charge in [-0.05, 0) is 13.8 Å². The minimum absolute atomic E-state index is 0.0572. The third kappa shape index (κ3) is 2.45. The Morgan fingerprint density at radius 1 is 1.60 bits per heavy atom. The van der Waals surface area contributed by atoms with Crippen LogP contribution in [0.3, 0.4) is 0 Å². The van der Waals surface area contributed by atoms with E-state index in [1.54, 1.807) is 11.3 Å². The molecule has 0 aliphatic carbocycles. The van der Waals surface area contributed by atoms with E-state index in [9.17, 15) is 0 Å². The molecule has 0 bridgehead atoms. The van der Waals surface area contributed by atoms with Gasteiger partial charge in [-0.15, -0.1) is 10.2 Å². The second-order valence-corrected chi connectivity index (χ2v) is 4.98. The summed E-state index contributed by atoms with van der Waals surface area (Å²) in [6.07, 6.45) is 0.1000. The number of hydrogen-bond donors (Lipinski definition) is 1. The first kappa shape index (κ1) is 10.8. The van der Waals surface area contributed by atoms with E-state index in [0.717, 1.165) is 23.2 Å². The van der Waals surface area contributed by atoms with Crippen molar-refractivity contribution in [2.45, 2.75) is 26.0 Å². The van der Waals surface area contributed by atoms with Crippen molar-refractivity contribution in [2.75, 3.05) is 24.6 Å². The lowest BCUT2D eigenvalue weighted by Gasteiger charge is -2.34. The Morgan fingerprint density at radius 3 is 3.00 bits per heavy atom. The summed E-state index contributed by atoms with van der Waals surface area (Å²) in [7, 11) is 0. The second kappa shape index (κ2) is 4.42. The molecule has 5 nitrogen and oxygen atoms in total. The molecule has 1 aliphatic heterocycles. The first-order chi connectivity index (χ1) is 7.16. The standard InChI is InChI=1S/C9H16N4OS/c1-6(10)8-5-13(3-4-14-8)9-12-11-7(2)15-9/h6,8H,3-5,10H2,1-2H3. The van der Waals surface area contributed by atoms with Crippen molar-refractivity contribution in [3.05, 3.63) is 5.01 Å². The van der Waals surface area contributed by atoms with Gasteiger partial charge in [0.05, 0.1) is 12.7 Å². The molecule has 0 aromatic carbocycles. The zero-order valence-corrected chi connectivity index (χ0v) is 9.83. The van der Waals surface area contributed by atoms with Crippen LogP contribution in [0.1, 0.15) is 11.9 Å². The summed E-state index contributed by atoms with van der Waals surface area (Å²) in [6.45, 7) is 6.33. The highest BCUT2D eigenvalue weighted by molar-refractivity contribution is 7.15. The van der Waals surface area contributed by atoms with E-state index in [1.165, 1.54) is 0 Å². The van der Waals surface area contributed by atoms with Gasteiger partial charge in [0.15, 0.2) is 0 Å². The van der Waals surface area contributed by atoms with Gasteiger partial charge >= 0.3 is 0 Å². The number of aromatic nitrogens is 2. The Hall–Kier alpha value is -0.720. The number of anilines is 1. The zero-order valence-electron chi connectivity index (χ0n) is 9.01. The Bertz CT molecular complexity index is 328. The number of rotatable bonds is 2. The van der Waals surface area contributed by atoms with Crippen LogP contribution in [0.4, 0.5) is 5.13 Å². The van der Waals surface area contributed by atoms with E-state index in [4.69, 9.17) is 10.5 Å². The second-order valence-electron chi connectivity index (χ2n) is 3.82. The SMILES string of the molecule is Cc1nnc(N2CCOC(C(C)N)C2)s1. The summed E-state index contributed by atoms with van der Waals surface area (Å²) in [5.41, 5.74) is 5.83. The highest BCUT2D eigenvalue weighted by Crippen LogP contribution is 2.22. The third-order valence-corrected chi connectivity index (χ3v) is 3.37. The molecule has 1 aliphatic rings. The molecule has 1 aromatic heterocycles. The smallest absolute Gasteiger partial charge is 0.208 e. The Balaban J connectivity index is 2.04. The van der Waals surface area contributed by atoms with Crippen molar-refractivity contribution in [3.63, 3.8) is 0 Å². The van der Waals surface area contributed by atoms with Crippen molar-refractivity contribution in [1.29, 1.82) is 0 Å². The minimum atomic E-state index is 0.0572. The number of ether oxygens (including phenoxy) is 1. The normalized spacial score (nSPS) is 24.2. The van der Waals surface area contributed by atoms with Gasteiger partial charge < -0.3 is 15.4 Å². The molecule has 0 radical (unpaired) electrons. The first-order valence-corrected chi connectivity index (χ1v) is 5.90. The molecule has 6 heteroatoms. The Kier molecular flexibility index (Phi) is 3.18. The van der Waals surface area contributed by atoms with Gasteiger partial charge in [0.1, 0.15) is 5.01 Å². The van der Waals surface area contributed by atoms with Crippen LogP contribution in [0.5, 0.6) is 0 Å². The molecule has 1 saturated heterocycles. The number of morpholine rings is 1. The number of nitrogens with two attached hydrogens (primary N) is 1. The van der Waals surface area contributed by atoms with Crippen molar-refractivity contribution in [3.8, 4) is 0 Å². The summed E-state index contributed by atoms with van der Waals surface area (Å²) < 4.78 is 5.59. The summed E-state index contributed by atoms with van der Waals surface area (Å²) >= 11 is 1.62. The Morgan fingerprint density at radius 2 is 2.40 bits per heavy atom. The summed E-state index contributed by atoms with van der Waals surface area (Å²) in [5, 5.41) is 10.1. The van der Waals surface area contributed by atoms with Gasteiger partial charge in [0.2, 0.25) is 5.13 Å². The number of aryl methyl sites for hydroxylation is 1. The minimum Gasteiger partial charge on any atom is -0.373 e. The van der Waals surface area contributed by atoms with E-state index >= 15 is 0 Å². The molecule has 1 aromatic rings. The quantitative estimate of drug-likeness (QED) is 0.793. The summed E-state index contributed by atoms with van der Waals surface area (Å²) in [4.78, 5) is 2.20. The van der Waals surface area contributed by atoms with Crippen LogP contribution in [0.25, 0.3) is 0 Å². The van der Waals surface area contributed by atoms with E-state index in [1.807, 2.05) is 13.8 Å². The van der Waals surface area contributed by atoms with E-state index in [0.29, 0.717) is 6.61 Å². The lowest BCUT2D eigenvalue weighted by atomic mass is 10.1. The van der Waals surface area contributed by atoms with Crippen molar-refractivity contribution in [2.24, 2.45) is 5.73 Å². The van der Waals surface area contributed by atoms with Crippen LogP contribution in [0.15, 0.2) is 0 Å². The van der Waals surface area contributed by atoms with Crippen LogP contribution >= 0.6 is 11.3 Å². The molecule has 1 fully saturated rings. The van der Waals surface area contributed by atoms with Crippen LogP contribution in [0, 0.1) is 6.92 Å². The van der Waals surface area contributed by atoms with Crippen LogP contribution in [-0.4, -0.2) is 42.0 Å². The van der Waals surface area contributed by atoms with Crippen LogP contribution in [-0.2, 0) is 4.74 Å². The average Bonchev–Trinajstić information content (AvgIpc) is 2.65. The lowest BCUT2D eigenvalue weighted by molar-refractivity contribution is 0.0275. The molecule has 84 valence electrons. The fraction of sp³-hybridized carbons (Fsp3) is 0.778. The van der Waals surface area contributed by atoms with Crippen LogP contribution in [0.2, 0.25) is 0 Å². The Labute approximate surface area is 93.2 Å². The fourth-order valence-electron chi connectivity index (χ4n) is 1.58. The van der Waals surface area contributed by atoms with Gasteiger partial charge in [-0.2, -0.15) is 0 Å². The zero-order chi connectivity index (χ0) is 10.8. The van der Waals surface area contributed by atoms with Crippen molar-refractivity contribution in [1.82, 2.24) is 10.2 Å². The average molecular weight is 228 g/mol. The monoisotopic (exact) mass is 228 g/mol. The van der Waals surface area contributed by atoms with Gasteiger partial charge in [0.25, 0.3) is 0 Å². The van der Waals surface area contributed by atoms with E-state index in [2.05, 4.69) is 15.1 Å². The highest BCUT2D eigenvalue weighted by atomic mass is 32.1. The molecular weight excluding hydrogens is 212 g/mol. The molecule has 2 N–H and O–H groups in total. The maximum Gasteiger partial charge on any atom is 0.208 e.